The number of piperidine rings is 2. The number of nitrogens with two attached hydrogens (primary N) is 1. The van der Waals surface area contributed by atoms with Crippen molar-refractivity contribution in [1.82, 2.24) is 29.7 Å². The van der Waals surface area contributed by atoms with Gasteiger partial charge < -0.3 is 20.9 Å². The van der Waals surface area contributed by atoms with Crippen molar-refractivity contribution in [3.05, 3.63) is 42.6 Å². The average Bonchev–Trinajstić information content (AvgIpc) is 3.70. The lowest BCUT2D eigenvalue weighted by Crippen LogP contribution is -2.48. The van der Waals surface area contributed by atoms with Gasteiger partial charge in [-0.3, -0.25) is 9.36 Å². The molecule has 0 aromatic carbocycles. The van der Waals surface area contributed by atoms with E-state index in [0.717, 1.165) is 36.5 Å². The molecule has 52 heavy (non-hydrogen) atoms. The summed E-state index contributed by atoms with van der Waals surface area (Å²) < 4.78 is 1.84. The number of carbonyl (C=O) groups excluding carboxylic acids is 1. The van der Waals surface area contributed by atoms with E-state index in [-0.39, 0.29) is 24.4 Å². The third-order valence-corrected chi connectivity index (χ3v) is 12.6. The molecule has 0 spiro atoms. The molecule has 4 aliphatic rings. The van der Waals surface area contributed by atoms with Gasteiger partial charge in [0.1, 0.15) is 12.1 Å². The van der Waals surface area contributed by atoms with E-state index in [4.69, 9.17) is 5.73 Å². The second-order valence-corrected chi connectivity index (χ2v) is 16.7. The number of aromatic nitrogens is 3. The maximum absolute atomic E-state index is 13.0. The second-order valence-electron chi connectivity index (χ2n) is 16.7. The molecular weight excluding hydrogens is 666 g/mol. The van der Waals surface area contributed by atoms with Crippen molar-refractivity contribution < 1.29 is 4.79 Å². The van der Waals surface area contributed by atoms with Gasteiger partial charge in [0.25, 0.3) is 5.91 Å². The number of likely N-dealkylation sites (tertiary alicyclic amines) is 2. The molecule has 2 aliphatic carbocycles. The standard InChI is InChI=1S/C26H39N5O.C17H34N2.ClH/c1-2-3-4-8-21-9-7-15-30(18-21)19-23-10-5-6-11-24(23)29-26(32)22-12-13-25(28-17-22)31-16-14-27-20-31;1-2-3-4-8-15-9-7-12-19(13-15)14-16-10-5-6-11-17(16)18;/h12-14,16-17,20-21,23-24H,2-11,15,18-19H2,1H3,(H,29,32);15-17H,2-14,18H2,1H3;1H/t21-,23?,24?;15-,16?,17?;/m00./s1. The van der Waals surface area contributed by atoms with Crippen LogP contribution in [-0.4, -0.2) is 81.6 Å². The number of hydrogen-bond donors (Lipinski definition) is 2. The van der Waals surface area contributed by atoms with E-state index in [1.54, 1.807) is 18.7 Å². The SMILES string of the molecule is CCCCC[C@H]1CCCN(CC2CCCCC2N)C1.CCCCC[C@H]1CCCN(CC2CCCCC2NC(=O)c2ccc(-n3ccnc3)nc2)C1.Cl. The van der Waals surface area contributed by atoms with Crippen LogP contribution in [0.2, 0.25) is 0 Å². The zero-order valence-electron chi connectivity index (χ0n) is 32.9. The second kappa shape index (κ2) is 23.7. The first-order valence-electron chi connectivity index (χ1n) is 21.5. The van der Waals surface area contributed by atoms with Crippen LogP contribution >= 0.6 is 12.4 Å². The van der Waals surface area contributed by atoms with Gasteiger partial charge in [-0.25, -0.2) is 9.97 Å². The predicted molar refractivity (Wildman–Crippen MR) is 218 cm³/mol. The minimum Gasteiger partial charge on any atom is -0.349 e. The van der Waals surface area contributed by atoms with Crippen LogP contribution in [0.1, 0.15) is 153 Å². The number of rotatable bonds is 15. The highest BCUT2D eigenvalue weighted by Gasteiger charge is 2.31. The van der Waals surface area contributed by atoms with Crippen LogP contribution in [0.15, 0.2) is 37.1 Å². The first kappa shape index (κ1) is 42.7. The van der Waals surface area contributed by atoms with Crippen molar-refractivity contribution in [2.24, 2.45) is 29.4 Å². The molecule has 1 amide bonds. The molecule has 2 aromatic rings. The highest BCUT2D eigenvalue weighted by molar-refractivity contribution is 5.94. The Morgan fingerprint density at radius 2 is 1.40 bits per heavy atom. The number of carbonyl (C=O) groups is 1. The van der Waals surface area contributed by atoms with E-state index in [1.807, 2.05) is 22.9 Å². The van der Waals surface area contributed by atoms with Crippen molar-refractivity contribution in [1.29, 1.82) is 0 Å². The van der Waals surface area contributed by atoms with E-state index < -0.39 is 0 Å². The molecule has 4 heterocycles. The molecule has 6 rings (SSSR count). The Kier molecular flexibility index (Phi) is 19.5. The average molecular weight is 741 g/mol. The summed E-state index contributed by atoms with van der Waals surface area (Å²) in [6.07, 6.45) is 33.9. The monoisotopic (exact) mass is 740 g/mol. The minimum atomic E-state index is 0. The Morgan fingerprint density at radius 3 is 1.98 bits per heavy atom. The molecule has 294 valence electrons. The Bertz CT molecular complexity index is 1230. The lowest BCUT2D eigenvalue weighted by molar-refractivity contribution is 0.0852. The van der Waals surface area contributed by atoms with Crippen LogP contribution in [-0.2, 0) is 0 Å². The van der Waals surface area contributed by atoms with E-state index in [2.05, 4.69) is 38.9 Å². The number of hydrogen-bond acceptors (Lipinski definition) is 6. The Hall–Kier alpha value is -2.00. The van der Waals surface area contributed by atoms with Crippen molar-refractivity contribution in [3.8, 4) is 5.82 Å². The molecule has 2 aliphatic heterocycles. The van der Waals surface area contributed by atoms with Gasteiger partial charge in [0, 0.05) is 56.9 Å². The van der Waals surface area contributed by atoms with E-state index in [0.29, 0.717) is 17.5 Å². The molecule has 3 N–H and O–H groups in total. The molecule has 8 nitrogen and oxygen atoms in total. The van der Waals surface area contributed by atoms with Crippen molar-refractivity contribution in [3.63, 3.8) is 0 Å². The van der Waals surface area contributed by atoms with E-state index in [9.17, 15) is 4.79 Å². The number of unbranched alkanes of at least 4 members (excludes halogenated alkanes) is 4. The third-order valence-electron chi connectivity index (χ3n) is 12.6. The van der Waals surface area contributed by atoms with Crippen LogP contribution in [0, 0.1) is 23.7 Å². The molecule has 4 fully saturated rings. The highest BCUT2D eigenvalue weighted by atomic mass is 35.5. The third kappa shape index (κ3) is 14.0. The Balaban J connectivity index is 0.000000259. The van der Waals surface area contributed by atoms with E-state index in [1.165, 1.54) is 155 Å². The number of nitrogens with one attached hydrogen (secondary N) is 1. The van der Waals surface area contributed by atoms with Gasteiger partial charge in [0.05, 0.1) is 5.56 Å². The highest BCUT2D eigenvalue weighted by Crippen LogP contribution is 2.30. The smallest absolute Gasteiger partial charge is 0.253 e. The topological polar surface area (TPSA) is 92.3 Å². The van der Waals surface area contributed by atoms with Gasteiger partial charge in [-0.1, -0.05) is 78.1 Å². The maximum Gasteiger partial charge on any atom is 0.253 e. The lowest BCUT2D eigenvalue weighted by atomic mass is 9.83. The number of imidazole rings is 1. The summed E-state index contributed by atoms with van der Waals surface area (Å²) >= 11 is 0. The normalized spacial score (nSPS) is 27.2. The summed E-state index contributed by atoms with van der Waals surface area (Å²) in [6.45, 7) is 12.2. The first-order chi connectivity index (χ1) is 25.0. The molecule has 2 aromatic heterocycles. The predicted octanol–water partition coefficient (Wildman–Crippen LogP) is 9.07. The molecule has 0 radical (unpaired) electrons. The van der Waals surface area contributed by atoms with Crippen LogP contribution in [0.25, 0.3) is 5.82 Å². The van der Waals surface area contributed by atoms with Crippen LogP contribution < -0.4 is 11.1 Å². The fourth-order valence-corrected chi connectivity index (χ4v) is 9.53. The van der Waals surface area contributed by atoms with Crippen molar-refractivity contribution in [2.45, 2.75) is 154 Å². The summed E-state index contributed by atoms with van der Waals surface area (Å²) in [5.74, 6) is 3.95. The van der Waals surface area contributed by atoms with Crippen molar-refractivity contribution >= 4 is 18.3 Å². The van der Waals surface area contributed by atoms with Crippen LogP contribution in [0.4, 0.5) is 0 Å². The van der Waals surface area contributed by atoms with Gasteiger partial charge in [0.15, 0.2) is 0 Å². The Labute approximate surface area is 323 Å². The molecule has 2 saturated heterocycles. The first-order valence-corrected chi connectivity index (χ1v) is 21.5. The molecule has 4 unspecified atom stereocenters. The number of pyridine rings is 1. The number of amides is 1. The quantitative estimate of drug-likeness (QED) is 0.177. The Morgan fingerprint density at radius 1 is 0.788 bits per heavy atom. The fraction of sp³-hybridized carbons (Fsp3) is 0.791. The van der Waals surface area contributed by atoms with E-state index >= 15 is 0 Å². The minimum absolute atomic E-state index is 0. The van der Waals surface area contributed by atoms with Crippen LogP contribution in [0.5, 0.6) is 0 Å². The summed E-state index contributed by atoms with van der Waals surface area (Å²) in [7, 11) is 0. The largest absolute Gasteiger partial charge is 0.349 e. The zero-order chi connectivity index (χ0) is 35.7. The van der Waals surface area contributed by atoms with Crippen molar-refractivity contribution in [2.75, 3.05) is 39.3 Å². The van der Waals surface area contributed by atoms with Gasteiger partial charge in [-0.15, -0.1) is 12.4 Å². The van der Waals surface area contributed by atoms with Gasteiger partial charge in [-0.05, 0) is 113 Å². The van der Waals surface area contributed by atoms with Gasteiger partial charge in [0.2, 0.25) is 0 Å². The van der Waals surface area contributed by atoms with Gasteiger partial charge in [-0.2, -0.15) is 0 Å². The fourth-order valence-electron chi connectivity index (χ4n) is 9.53. The number of halogens is 1. The van der Waals surface area contributed by atoms with Gasteiger partial charge >= 0.3 is 0 Å². The zero-order valence-corrected chi connectivity index (χ0v) is 33.8. The summed E-state index contributed by atoms with van der Waals surface area (Å²) in [5.41, 5.74) is 6.93. The molecule has 9 heteroatoms. The molecule has 0 bridgehead atoms. The summed E-state index contributed by atoms with van der Waals surface area (Å²) in [4.78, 5) is 26.9. The molecule has 2 saturated carbocycles. The lowest BCUT2D eigenvalue weighted by Gasteiger charge is -2.39. The number of nitrogens with zero attached hydrogens (tertiary/aromatic N) is 5. The van der Waals surface area contributed by atoms with Crippen LogP contribution in [0.3, 0.4) is 0 Å². The summed E-state index contributed by atoms with van der Waals surface area (Å²) in [5, 5.41) is 3.36. The molecule has 6 atom stereocenters. The molecular formula is C43H74ClN7O. The summed E-state index contributed by atoms with van der Waals surface area (Å²) in [6, 6.07) is 4.49. The maximum atomic E-state index is 13.0.